The van der Waals surface area contributed by atoms with Crippen molar-refractivity contribution >= 4 is 6.09 Å². The Bertz CT molecular complexity index is 263. The molecule has 1 heterocycles. The fourth-order valence-electron chi connectivity index (χ4n) is 2.60. The van der Waals surface area contributed by atoms with E-state index in [-0.39, 0.29) is 6.09 Å². The first-order valence-electron chi connectivity index (χ1n) is 6.95. The normalized spacial score (nSPS) is 25.8. The molecule has 0 spiro atoms. The van der Waals surface area contributed by atoms with E-state index in [1.54, 1.807) is 0 Å². The van der Waals surface area contributed by atoms with Crippen molar-refractivity contribution in [2.45, 2.75) is 46.6 Å². The van der Waals surface area contributed by atoms with Crippen LogP contribution in [-0.4, -0.2) is 42.8 Å². The molecule has 0 aliphatic carbocycles. The van der Waals surface area contributed by atoms with Crippen molar-refractivity contribution in [2.24, 2.45) is 11.8 Å². The van der Waals surface area contributed by atoms with Gasteiger partial charge in [0.25, 0.3) is 0 Å². The van der Waals surface area contributed by atoms with Gasteiger partial charge in [-0.15, -0.1) is 0 Å². The Morgan fingerprint density at radius 3 is 2.33 bits per heavy atom. The van der Waals surface area contributed by atoms with Crippen LogP contribution in [0.25, 0.3) is 0 Å². The third-order valence-electron chi connectivity index (χ3n) is 3.04. The number of nitrogens with zero attached hydrogens (tertiary/aromatic N) is 1. The van der Waals surface area contributed by atoms with Crippen LogP contribution in [0.5, 0.6) is 0 Å². The maximum atomic E-state index is 11.5. The number of ether oxygens (including phenoxy) is 1. The number of amides is 1. The molecule has 1 fully saturated rings. The van der Waals surface area contributed by atoms with Crippen molar-refractivity contribution in [1.29, 1.82) is 0 Å². The summed E-state index contributed by atoms with van der Waals surface area (Å²) in [6.45, 7) is 14.1. The molecular formula is C14H28N2O2. The van der Waals surface area contributed by atoms with Gasteiger partial charge < -0.3 is 15.0 Å². The number of nitrogens with one attached hydrogen (secondary N) is 1. The van der Waals surface area contributed by atoms with Crippen molar-refractivity contribution in [3.8, 4) is 0 Å². The Morgan fingerprint density at radius 2 is 1.83 bits per heavy atom. The molecular weight excluding hydrogens is 228 g/mol. The number of hydrogen-bond acceptors (Lipinski definition) is 3. The molecule has 0 saturated carbocycles. The number of rotatable bonds is 3. The summed E-state index contributed by atoms with van der Waals surface area (Å²) in [6, 6.07) is 0. The van der Waals surface area contributed by atoms with E-state index in [0.29, 0.717) is 6.54 Å². The summed E-state index contributed by atoms with van der Waals surface area (Å²) in [6.07, 6.45) is 0.997. The summed E-state index contributed by atoms with van der Waals surface area (Å²) in [5.41, 5.74) is -0.418. The molecule has 1 aliphatic rings. The lowest BCUT2D eigenvalue weighted by Gasteiger charge is -2.34. The number of alkyl carbamates (subject to hydrolysis) is 1. The highest BCUT2D eigenvalue weighted by molar-refractivity contribution is 5.67. The molecule has 0 aromatic rings. The summed E-state index contributed by atoms with van der Waals surface area (Å²) in [5, 5.41) is 2.81. The average Bonchev–Trinajstić information content (AvgIpc) is 2.12. The van der Waals surface area contributed by atoms with Gasteiger partial charge in [0.15, 0.2) is 0 Å². The van der Waals surface area contributed by atoms with Crippen molar-refractivity contribution in [3.05, 3.63) is 0 Å². The lowest BCUT2D eigenvalue weighted by atomic mass is 9.92. The summed E-state index contributed by atoms with van der Waals surface area (Å²) < 4.78 is 5.20. The maximum absolute atomic E-state index is 11.5. The van der Waals surface area contributed by atoms with Crippen LogP contribution in [0, 0.1) is 11.8 Å². The van der Waals surface area contributed by atoms with E-state index >= 15 is 0 Å². The summed E-state index contributed by atoms with van der Waals surface area (Å²) in [5.74, 6) is 1.52. The second-order valence-electron chi connectivity index (χ2n) is 6.63. The molecule has 106 valence electrons. The highest BCUT2D eigenvalue weighted by atomic mass is 16.6. The van der Waals surface area contributed by atoms with Gasteiger partial charge in [-0.25, -0.2) is 4.79 Å². The van der Waals surface area contributed by atoms with Gasteiger partial charge in [0.1, 0.15) is 5.60 Å². The Hall–Kier alpha value is -0.770. The second-order valence-corrected chi connectivity index (χ2v) is 6.63. The molecule has 1 saturated heterocycles. The average molecular weight is 256 g/mol. The summed E-state index contributed by atoms with van der Waals surface area (Å²) >= 11 is 0. The molecule has 0 bridgehead atoms. The van der Waals surface area contributed by atoms with E-state index in [1.165, 1.54) is 6.42 Å². The fraction of sp³-hybridized carbons (Fsp3) is 0.929. The van der Waals surface area contributed by atoms with Gasteiger partial charge in [0, 0.05) is 26.2 Å². The Kier molecular flexibility index (Phi) is 5.45. The van der Waals surface area contributed by atoms with E-state index in [0.717, 1.165) is 31.5 Å². The van der Waals surface area contributed by atoms with E-state index in [2.05, 4.69) is 24.1 Å². The lowest BCUT2D eigenvalue weighted by molar-refractivity contribution is 0.0515. The molecule has 4 heteroatoms. The van der Waals surface area contributed by atoms with Crippen molar-refractivity contribution in [3.63, 3.8) is 0 Å². The van der Waals surface area contributed by atoms with Crippen molar-refractivity contribution in [2.75, 3.05) is 26.2 Å². The first kappa shape index (κ1) is 15.3. The molecule has 18 heavy (non-hydrogen) atoms. The van der Waals surface area contributed by atoms with Gasteiger partial charge in [0.05, 0.1) is 0 Å². The standard InChI is InChI=1S/C14H28N2O2/c1-11-8-12(2)10-16(9-11)7-6-15-13(17)18-14(3,4)5/h11-12H,6-10H2,1-5H3,(H,15,17)/t11-,12+. The topological polar surface area (TPSA) is 41.6 Å². The largest absolute Gasteiger partial charge is 0.444 e. The third kappa shape index (κ3) is 6.24. The van der Waals surface area contributed by atoms with E-state index in [1.807, 2.05) is 20.8 Å². The Labute approximate surface area is 111 Å². The monoisotopic (exact) mass is 256 g/mol. The van der Waals surface area contributed by atoms with Gasteiger partial charge in [-0.05, 0) is 39.0 Å². The molecule has 0 aromatic carbocycles. The highest BCUT2D eigenvalue weighted by Gasteiger charge is 2.21. The zero-order chi connectivity index (χ0) is 13.8. The van der Waals surface area contributed by atoms with Crippen LogP contribution in [0.15, 0.2) is 0 Å². The number of likely N-dealkylation sites (tertiary alicyclic amines) is 1. The smallest absolute Gasteiger partial charge is 0.407 e. The molecule has 2 atom stereocenters. The van der Waals surface area contributed by atoms with Crippen LogP contribution in [0.3, 0.4) is 0 Å². The minimum atomic E-state index is -0.418. The van der Waals surface area contributed by atoms with Crippen LogP contribution in [0.1, 0.15) is 41.0 Å². The van der Waals surface area contributed by atoms with Gasteiger partial charge >= 0.3 is 6.09 Å². The minimum Gasteiger partial charge on any atom is -0.444 e. The first-order valence-corrected chi connectivity index (χ1v) is 6.95. The third-order valence-corrected chi connectivity index (χ3v) is 3.04. The summed E-state index contributed by atoms with van der Waals surface area (Å²) in [4.78, 5) is 13.9. The van der Waals surface area contributed by atoms with Gasteiger partial charge in [-0.1, -0.05) is 13.8 Å². The Balaban J connectivity index is 2.19. The van der Waals surface area contributed by atoms with Crippen LogP contribution in [0.4, 0.5) is 4.79 Å². The van der Waals surface area contributed by atoms with Crippen molar-refractivity contribution in [1.82, 2.24) is 10.2 Å². The quantitative estimate of drug-likeness (QED) is 0.843. The van der Waals surface area contributed by atoms with Crippen molar-refractivity contribution < 1.29 is 9.53 Å². The molecule has 1 N–H and O–H groups in total. The predicted octanol–water partition coefficient (Wildman–Crippen LogP) is 2.49. The molecule has 0 unspecified atom stereocenters. The van der Waals surface area contributed by atoms with Crippen LogP contribution in [-0.2, 0) is 4.74 Å². The Morgan fingerprint density at radius 1 is 1.28 bits per heavy atom. The molecule has 1 aliphatic heterocycles. The zero-order valence-electron chi connectivity index (χ0n) is 12.5. The lowest BCUT2D eigenvalue weighted by Crippen LogP contribution is -2.43. The molecule has 1 rings (SSSR count). The zero-order valence-corrected chi connectivity index (χ0v) is 12.5. The maximum Gasteiger partial charge on any atom is 0.407 e. The van der Waals surface area contributed by atoms with Crippen LogP contribution in [0.2, 0.25) is 0 Å². The van der Waals surface area contributed by atoms with E-state index < -0.39 is 5.60 Å². The minimum absolute atomic E-state index is 0.319. The van der Waals surface area contributed by atoms with E-state index in [4.69, 9.17) is 4.74 Å². The van der Waals surface area contributed by atoms with Gasteiger partial charge in [-0.2, -0.15) is 0 Å². The fourth-order valence-corrected chi connectivity index (χ4v) is 2.60. The van der Waals surface area contributed by atoms with Gasteiger partial charge in [-0.3, -0.25) is 0 Å². The SMILES string of the molecule is C[C@@H]1C[C@H](C)CN(CCNC(=O)OC(C)(C)C)C1. The molecule has 0 aromatic heterocycles. The van der Waals surface area contributed by atoms with Gasteiger partial charge in [0.2, 0.25) is 0 Å². The molecule has 1 amide bonds. The van der Waals surface area contributed by atoms with Crippen LogP contribution >= 0.6 is 0 Å². The predicted molar refractivity (Wildman–Crippen MR) is 73.6 cm³/mol. The van der Waals surface area contributed by atoms with E-state index in [9.17, 15) is 4.79 Å². The number of hydrogen-bond donors (Lipinski definition) is 1. The van der Waals surface area contributed by atoms with Crippen LogP contribution < -0.4 is 5.32 Å². The number of carbonyl (C=O) groups is 1. The summed E-state index contributed by atoms with van der Waals surface area (Å²) in [7, 11) is 0. The second kappa shape index (κ2) is 6.41. The highest BCUT2D eigenvalue weighted by Crippen LogP contribution is 2.20. The molecule has 0 radical (unpaired) electrons. The number of carbonyl (C=O) groups excluding carboxylic acids is 1. The first-order chi connectivity index (χ1) is 8.26. The molecule has 4 nitrogen and oxygen atoms in total. The number of piperidine rings is 1.